The summed E-state index contributed by atoms with van der Waals surface area (Å²) in [5, 5.41) is 3.38. The Labute approximate surface area is 96.8 Å². The number of morpholine rings is 1. The minimum Gasteiger partial charge on any atom is -0.374 e. The van der Waals surface area contributed by atoms with Gasteiger partial charge < -0.3 is 14.8 Å². The Morgan fingerprint density at radius 3 is 2.88 bits per heavy atom. The van der Waals surface area contributed by atoms with E-state index in [1.54, 1.807) is 0 Å². The number of nitrogens with one attached hydrogen (secondary N) is 1. The van der Waals surface area contributed by atoms with Crippen LogP contribution in [0, 0.1) is 0 Å². The van der Waals surface area contributed by atoms with E-state index in [1.807, 2.05) is 18.2 Å². The van der Waals surface area contributed by atoms with Crippen molar-refractivity contribution in [2.75, 3.05) is 19.8 Å². The Kier molecular flexibility index (Phi) is 4.34. The normalized spacial score (nSPS) is 25.6. The van der Waals surface area contributed by atoms with Crippen LogP contribution in [-0.2, 0) is 16.1 Å². The number of benzene rings is 1. The van der Waals surface area contributed by atoms with Crippen molar-refractivity contribution < 1.29 is 9.47 Å². The highest BCUT2D eigenvalue weighted by Crippen LogP contribution is 2.04. The average Bonchev–Trinajstić information content (AvgIpc) is 2.33. The number of hydrogen-bond donors (Lipinski definition) is 1. The summed E-state index contributed by atoms with van der Waals surface area (Å²) >= 11 is 0. The van der Waals surface area contributed by atoms with Gasteiger partial charge >= 0.3 is 0 Å². The maximum absolute atomic E-state index is 5.64. The fourth-order valence-electron chi connectivity index (χ4n) is 1.72. The predicted molar refractivity (Wildman–Crippen MR) is 63.3 cm³/mol. The number of ether oxygens (including phenoxy) is 2. The molecule has 2 rings (SSSR count). The average molecular weight is 221 g/mol. The molecule has 0 aromatic heterocycles. The van der Waals surface area contributed by atoms with Gasteiger partial charge in [-0.25, -0.2) is 0 Å². The smallest absolute Gasteiger partial charge is 0.0933 e. The van der Waals surface area contributed by atoms with Crippen LogP contribution in [0.3, 0.4) is 0 Å². The van der Waals surface area contributed by atoms with Crippen LogP contribution >= 0.6 is 0 Å². The van der Waals surface area contributed by atoms with Crippen molar-refractivity contribution in [2.45, 2.75) is 25.7 Å². The van der Waals surface area contributed by atoms with Gasteiger partial charge in [-0.05, 0) is 12.5 Å². The molecule has 1 heterocycles. The van der Waals surface area contributed by atoms with Crippen molar-refractivity contribution in [2.24, 2.45) is 0 Å². The first-order chi connectivity index (χ1) is 7.84. The topological polar surface area (TPSA) is 30.5 Å². The fraction of sp³-hybridized carbons (Fsp3) is 0.538. The van der Waals surface area contributed by atoms with Gasteiger partial charge in [-0.2, -0.15) is 0 Å². The minimum absolute atomic E-state index is 0.194. The van der Waals surface area contributed by atoms with Crippen molar-refractivity contribution in [3.05, 3.63) is 35.9 Å². The van der Waals surface area contributed by atoms with Crippen LogP contribution in [0.4, 0.5) is 0 Å². The molecule has 0 amide bonds. The molecule has 0 radical (unpaired) electrons. The predicted octanol–water partition coefficient (Wildman–Crippen LogP) is 1.58. The Bertz CT molecular complexity index is 294. The van der Waals surface area contributed by atoms with Crippen molar-refractivity contribution >= 4 is 0 Å². The van der Waals surface area contributed by atoms with Crippen molar-refractivity contribution in [3.63, 3.8) is 0 Å². The van der Waals surface area contributed by atoms with Gasteiger partial charge in [-0.15, -0.1) is 0 Å². The number of hydrogen-bond acceptors (Lipinski definition) is 3. The zero-order valence-electron chi connectivity index (χ0n) is 9.69. The van der Waals surface area contributed by atoms with Gasteiger partial charge in [-0.3, -0.25) is 0 Å². The van der Waals surface area contributed by atoms with E-state index in [4.69, 9.17) is 9.47 Å². The Morgan fingerprint density at radius 2 is 2.19 bits per heavy atom. The second-order valence-electron chi connectivity index (χ2n) is 4.27. The molecule has 1 aliphatic heterocycles. The maximum atomic E-state index is 5.64. The van der Waals surface area contributed by atoms with Crippen LogP contribution in [0.2, 0.25) is 0 Å². The van der Waals surface area contributed by atoms with E-state index in [0.717, 1.165) is 13.2 Å². The maximum Gasteiger partial charge on any atom is 0.0933 e. The largest absolute Gasteiger partial charge is 0.374 e. The third-order valence-corrected chi connectivity index (χ3v) is 2.69. The van der Waals surface area contributed by atoms with E-state index in [0.29, 0.717) is 19.3 Å². The molecular formula is C13H19NO2. The van der Waals surface area contributed by atoms with Gasteiger partial charge in [-0.1, -0.05) is 30.3 Å². The Balaban J connectivity index is 1.65. The summed E-state index contributed by atoms with van der Waals surface area (Å²) in [4.78, 5) is 0. The van der Waals surface area contributed by atoms with Crippen LogP contribution in [-0.4, -0.2) is 31.9 Å². The summed E-state index contributed by atoms with van der Waals surface area (Å²) in [6, 6.07) is 10.7. The van der Waals surface area contributed by atoms with Gasteiger partial charge in [0.15, 0.2) is 0 Å². The zero-order valence-corrected chi connectivity index (χ0v) is 9.69. The van der Waals surface area contributed by atoms with Gasteiger partial charge in [0.05, 0.1) is 25.9 Å². The first-order valence-electron chi connectivity index (χ1n) is 5.81. The molecule has 2 unspecified atom stereocenters. The molecule has 2 atom stereocenters. The second kappa shape index (κ2) is 5.99. The third-order valence-electron chi connectivity index (χ3n) is 2.69. The second-order valence-corrected chi connectivity index (χ2v) is 4.27. The van der Waals surface area contributed by atoms with Crippen LogP contribution in [0.25, 0.3) is 0 Å². The molecule has 1 aromatic carbocycles. The molecule has 1 aromatic rings. The summed E-state index contributed by atoms with van der Waals surface area (Å²) in [5.41, 5.74) is 1.21. The SMILES string of the molecule is CC1COC(COCc2ccccc2)CN1. The van der Waals surface area contributed by atoms with Crippen molar-refractivity contribution in [1.82, 2.24) is 5.32 Å². The molecule has 0 saturated carbocycles. The molecule has 88 valence electrons. The van der Waals surface area contributed by atoms with E-state index in [1.165, 1.54) is 5.56 Å². The van der Waals surface area contributed by atoms with Gasteiger partial charge in [0, 0.05) is 12.6 Å². The molecule has 16 heavy (non-hydrogen) atoms. The highest BCUT2D eigenvalue weighted by Gasteiger charge is 2.17. The van der Waals surface area contributed by atoms with E-state index in [9.17, 15) is 0 Å². The standard InChI is InChI=1S/C13H19NO2/c1-11-8-16-13(7-14-11)10-15-9-12-5-3-2-4-6-12/h2-6,11,13-14H,7-10H2,1H3. The lowest BCUT2D eigenvalue weighted by molar-refractivity contribution is -0.0477. The van der Waals surface area contributed by atoms with Crippen LogP contribution in [0.15, 0.2) is 30.3 Å². The molecule has 1 aliphatic rings. The lowest BCUT2D eigenvalue weighted by Gasteiger charge is -2.28. The zero-order chi connectivity index (χ0) is 11.2. The highest BCUT2D eigenvalue weighted by atomic mass is 16.5. The van der Waals surface area contributed by atoms with Crippen LogP contribution in [0.1, 0.15) is 12.5 Å². The molecule has 3 nitrogen and oxygen atoms in total. The summed E-state index contributed by atoms with van der Waals surface area (Å²) in [5.74, 6) is 0. The van der Waals surface area contributed by atoms with Crippen molar-refractivity contribution in [3.8, 4) is 0 Å². The summed E-state index contributed by atoms with van der Waals surface area (Å²) < 4.78 is 11.3. The lowest BCUT2D eigenvalue weighted by atomic mass is 10.2. The fourth-order valence-corrected chi connectivity index (χ4v) is 1.72. The van der Waals surface area contributed by atoms with Crippen molar-refractivity contribution in [1.29, 1.82) is 0 Å². The molecule has 1 N–H and O–H groups in total. The quantitative estimate of drug-likeness (QED) is 0.837. The monoisotopic (exact) mass is 221 g/mol. The molecular weight excluding hydrogens is 202 g/mol. The molecule has 0 bridgehead atoms. The van der Waals surface area contributed by atoms with E-state index < -0.39 is 0 Å². The Hall–Kier alpha value is -0.900. The third kappa shape index (κ3) is 3.59. The van der Waals surface area contributed by atoms with E-state index in [-0.39, 0.29) is 6.10 Å². The van der Waals surface area contributed by atoms with Gasteiger partial charge in [0.25, 0.3) is 0 Å². The molecule has 0 aliphatic carbocycles. The molecule has 1 fully saturated rings. The van der Waals surface area contributed by atoms with E-state index in [2.05, 4.69) is 24.4 Å². The molecule has 0 spiro atoms. The van der Waals surface area contributed by atoms with Gasteiger partial charge in [0.2, 0.25) is 0 Å². The number of rotatable bonds is 4. The Morgan fingerprint density at radius 1 is 1.38 bits per heavy atom. The highest BCUT2D eigenvalue weighted by molar-refractivity contribution is 5.13. The summed E-state index contributed by atoms with van der Waals surface area (Å²) in [6.07, 6.45) is 0.194. The molecule has 3 heteroatoms. The first kappa shape index (κ1) is 11.6. The van der Waals surface area contributed by atoms with Gasteiger partial charge in [0.1, 0.15) is 0 Å². The molecule has 1 saturated heterocycles. The lowest BCUT2D eigenvalue weighted by Crippen LogP contribution is -2.46. The first-order valence-corrected chi connectivity index (χ1v) is 5.81. The van der Waals surface area contributed by atoms with Crippen LogP contribution in [0.5, 0.6) is 0 Å². The summed E-state index contributed by atoms with van der Waals surface area (Å²) in [6.45, 7) is 5.11. The minimum atomic E-state index is 0.194. The van der Waals surface area contributed by atoms with E-state index >= 15 is 0 Å². The summed E-state index contributed by atoms with van der Waals surface area (Å²) in [7, 11) is 0. The van der Waals surface area contributed by atoms with Crippen LogP contribution < -0.4 is 5.32 Å².